The zero-order chi connectivity index (χ0) is 25.4. The highest BCUT2D eigenvalue weighted by atomic mass is 16.5. The van der Waals surface area contributed by atoms with Crippen LogP contribution in [0.5, 0.6) is 17.2 Å². The van der Waals surface area contributed by atoms with E-state index in [1.165, 1.54) is 0 Å². The number of carbonyl (C=O) groups is 2. The van der Waals surface area contributed by atoms with Crippen molar-refractivity contribution in [2.45, 2.75) is 40.7 Å². The molecule has 184 valence electrons. The molecule has 2 N–H and O–H groups in total. The van der Waals surface area contributed by atoms with Crippen molar-refractivity contribution in [3.8, 4) is 17.2 Å². The Kier molecular flexibility index (Phi) is 8.73. The summed E-state index contributed by atoms with van der Waals surface area (Å²) in [6.07, 6.45) is -0.752. The van der Waals surface area contributed by atoms with Crippen LogP contribution >= 0.6 is 0 Å². The van der Waals surface area contributed by atoms with Crippen LogP contribution in [-0.2, 0) is 4.79 Å². The number of rotatable bonds is 10. The highest BCUT2D eigenvalue weighted by molar-refractivity contribution is 6.05. The number of amides is 2. The van der Waals surface area contributed by atoms with E-state index in [1.54, 1.807) is 43.3 Å². The Morgan fingerprint density at radius 2 is 1.40 bits per heavy atom. The third-order valence-corrected chi connectivity index (χ3v) is 5.45. The Hall–Kier alpha value is -4.00. The molecule has 0 fully saturated rings. The summed E-state index contributed by atoms with van der Waals surface area (Å²) in [5.41, 5.74) is 3.46. The SMILES string of the molecule is CCOc1cc(NC(=O)C(C)Oc2cccc(C)c2C)c(OCC)cc1NC(=O)c1ccccc1. The molecule has 2 amide bonds. The lowest BCUT2D eigenvalue weighted by molar-refractivity contribution is -0.122. The van der Waals surface area contributed by atoms with Crippen molar-refractivity contribution in [3.63, 3.8) is 0 Å². The van der Waals surface area contributed by atoms with Crippen molar-refractivity contribution in [1.82, 2.24) is 0 Å². The summed E-state index contributed by atoms with van der Waals surface area (Å²) in [6, 6.07) is 17.9. The van der Waals surface area contributed by atoms with Crippen LogP contribution in [0.3, 0.4) is 0 Å². The van der Waals surface area contributed by atoms with E-state index in [1.807, 2.05) is 52.0 Å². The van der Waals surface area contributed by atoms with Crippen molar-refractivity contribution >= 4 is 23.2 Å². The third-order valence-electron chi connectivity index (χ3n) is 5.45. The van der Waals surface area contributed by atoms with Gasteiger partial charge in [-0.25, -0.2) is 0 Å². The number of benzene rings is 3. The van der Waals surface area contributed by atoms with E-state index in [2.05, 4.69) is 10.6 Å². The molecule has 0 spiro atoms. The van der Waals surface area contributed by atoms with Crippen molar-refractivity contribution in [1.29, 1.82) is 0 Å². The van der Waals surface area contributed by atoms with E-state index in [-0.39, 0.29) is 11.8 Å². The largest absolute Gasteiger partial charge is 0.492 e. The van der Waals surface area contributed by atoms with Gasteiger partial charge >= 0.3 is 0 Å². The standard InChI is InChI=1S/C28H32N2O5/c1-6-33-25-17-23(30-28(32)21-13-9-8-10-14-21)26(34-7-2)16-22(25)29-27(31)20(5)35-24-15-11-12-18(3)19(24)4/h8-17,20H,6-7H2,1-5H3,(H,29,31)(H,30,32). The Balaban J connectivity index is 1.85. The normalized spacial score (nSPS) is 11.3. The smallest absolute Gasteiger partial charge is 0.265 e. The van der Waals surface area contributed by atoms with Gasteiger partial charge in [0.1, 0.15) is 17.2 Å². The summed E-state index contributed by atoms with van der Waals surface area (Å²) >= 11 is 0. The maximum Gasteiger partial charge on any atom is 0.265 e. The molecule has 0 saturated carbocycles. The van der Waals surface area contributed by atoms with Crippen molar-refractivity contribution in [2.75, 3.05) is 23.8 Å². The first-order valence-corrected chi connectivity index (χ1v) is 11.7. The second kappa shape index (κ2) is 11.9. The molecule has 0 aliphatic carbocycles. The van der Waals surface area contributed by atoms with Crippen LogP contribution in [-0.4, -0.2) is 31.1 Å². The van der Waals surface area contributed by atoms with Gasteiger partial charge in [-0.1, -0.05) is 30.3 Å². The molecule has 0 bridgehead atoms. The minimum atomic E-state index is -0.752. The monoisotopic (exact) mass is 476 g/mol. The lowest BCUT2D eigenvalue weighted by atomic mass is 10.1. The van der Waals surface area contributed by atoms with E-state index in [0.29, 0.717) is 47.4 Å². The molecule has 7 nitrogen and oxygen atoms in total. The van der Waals surface area contributed by atoms with Crippen molar-refractivity contribution in [2.24, 2.45) is 0 Å². The maximum atomic E-state index is 13.0. The van der Waals surface area contributed by atoms with Crippen LogP contribution in [0.2, 0.25) is 0 Å². The Morgan fingerprint density at radius 1 is 0.800 bits per heavy atom. The summed E-state index contributed by atoms with van der Waals surface area (Å²) in [6.45, 7) is 10.1. The maximum absolute atomic E-state index is 13.0. The van der Waals surface area contributed by atoms with Crippen LogP contribution in [0, 0.1) is 13.8 Å². The fourth-order valence-corrected chi connectivity index (χ4v) is 3.42. The lowest BCUT2D eigenvalue weighted by Gasteiger charge is -2.20. The molecule has 1 unspecified atom stereocenters. The van der Waals surface area contributed by atoms with Gasteiger partial charge in [-0.05, 0) is 63.9 Å². The van der Waals surface area contributed by atoms with Gasteiger partial charge in [-0.3, -0.25) is 9.59 Å². The van der Waals surface area contributed by atoms with Crippen LogP contribution in [0.25, 0.3) is 0 Å². The second-order valence-electron chi connectivity index (χ2n) is 7.98. The summed E-state index contributed by atoms with van der Waals surface area (Å²) in [5, 5.41) is 5.76. The van der Waals surface area contributed by atoms with E-state index >= 15 is 0 Å². The fraction of sp³-hybridized carbons (Fsp3) is 0.286. The number of ether oxygens (including phenoxy) is 3. The molecule has 3 aromatic rings. The minimum absolute atomic E-state index is 0.277. The number of hydrogen-bond donors (Lipinski definition) is 2. The van der Waals surface area contributed by atoms with Gasteiger partial charge in [0, 0.05) is 17.7 Å². The second-order valence-corrected chi connectivity index (χ2v) is 7.98. The van der Waals surface area contributed by atoms with Gasteiger partial charge in [0.2, 0.25) is 0 Å². The van der Waals surface area contributed by atoms with Gasteiger partial charge in [0.15, 0.2) is 6.10 Å². The highest BCUT2D eigenvalue weighted by Gasteiger charge is 2.21. The number of hydrogen-bond acceptors (Lipinski definition) is 5. The first kappa shape index (κ1) is 25.6. The minimum Gasteiger partial charge on any atom is -0.492 e. The Bertz CT molecular complexity index is 1180. The van der Waals surface area contributed by atoms with Gasteiger partial charge in [-0.2, -0.15) is 0 Å². The molecule has 0 radical (unpaired) electrons. The predicted octanol–water partition coefficient (Wildman–Crippen LogP) is 5.76. The number of aryl methyl sites for hydroxylation is 1. The third kappa shape index (κ3) is 6.53. The summed E-state index contributed by atoms with van der Waals surface area (Å²) in [7, 11) is 0. The lowest BCUT2D eigenvalue weighted by Crippen LogP contribution is -2.30. The van der Waals surface area contributed by atoms with Gasteiger partial charge in [0.05, 0.1) is 24.6 Å². The van der Waals surface area contributed by atoms with Crippen LogP contribution < -0.4 is 24.8 Å². The van der Waals surface area contributed by atoms with Crippen LogP contribution in [0.1, 0.15) is 42.3 Å². The number of anilines is 2. The topological polar surface area (TPSA) is 85.9 Å². The summed E-state index contributed by atoms with van der Waals surface area (Å²) in [4.78, 5) is 25.7. The van der Waals surface area contributed by atoms with E-state index in [0.717, 1.165) is 11.1 Å². The van der Waals surface area contributed by atoms with Gasteiger partial charge in [0.25, 0.3) is 11.8 Å². The fourth-order valence-electron chi connectivity index (χ4n) is 3.42. The first-order chi connectivity index (χ1) is 16.8. The molecule has 3 aromatic carbocycles. The van der Waals surface area contributed by atoms with E-state index < -0.39 is 6.10 Å². The molecule has 0 heterocycles. The molecule has 0 aromatic heterocycles. The number of nitrogens with one attached hydrogen (secondary N) is 2. The predicted molar refractivity (Wildman–Crippen MR) is 138 cm³/mol. The first-order valence-electron chi connectivity index (χ1n) is 11.7. The van der Waals surface area contributed by atoms with Gasteiger partial charge in [-0.15, -0.1) is 0 Å². The average molecular weight is 477 g/mol. The summed E-state index contributed by atoms with van der Waals surface area (Å²) < 4.78 is 17.5. The van der Waals surface area contributed by atoms with E-state index in [4.69, 9.17) is 14.2 Å². The molecule has 0 saturated heterocycles. The molecule has 7 heteroatoms. The molecular weight excluding hydrogens is 444 g/mol. The molecule has 1 atom stereocenters. The van der Waals surface area contributed by atoms with Crippen molar-refractivity contribution < 1.29 is 23.8 Å². The highest BCUT2D eigenvalue weighted by Crippen LogP contribution is 2.37. The Labute approximate surface area is 206 Å². The molecule has 3 rings (SSSR count). The number of carbonyl (C=O) groups excluding carboxylic acids is 2. The zero-order valence-electron chi connectivity index (χ0n) is 20.8. The molecule has 0 aliphatic rings. The van der Waals surface area contributed by atoms with Crippen LogP contribution in [0.15, 0.2) is 60.7 Å². The average Bonchev–Trinajstić information content (AvgIpc) is 2.85. The summed E-state index contributed by atoms with van der Waals surface area (Å²) in [5.74, 6) is 0.869. The van der Waals surface area contributed by atoms with Crippen LogP contribution in [0.4, 0.5) is 11.4 Å². The Morgan fingerprint density at radius 3 is 2.00 bits per heavy atom. The zero-order valence-corrected chi connectivity index (χ0v) is 20.8. The van der Waals surface area contributed by atoms with E-state index in [9.17, 15) is 9.59 Å². The molecule has 35 heavy (non-hydrogen) atoms. The molecular formula is C28H32N2O5. The van der Waals surface area contributed by atoms with Crippen molar-refractivity contribution in [3.05, 3.63) is 77.4 Å². The quantitative estimate of drug-likeness (QED) is 0.389. The van der Waals surface area contributed by atoms with Gasteiger partial charge < -0.3 is 24.8 Å². The molecule has 0 aliphatic heterocycles.